The Bertz CT molecular complexity index is 1450. The minimum absolute atomic E-state index is 0.0175. The number of thioether (sulfide) groups is 1. The van der Waals surface area contributed by atoms with Crippen molar-refractivity contribution in [2.45, 2.75) is 30.0 Å². The van der Waals surface area contributed by atoms with Crippen LogP contribution >= 0.6 is 35.0 Å². The molecule has 2 saturated heterocycles. The summed E-state index contributed by atoms with van der Waals surface area (Å²) >= 11 is 14.0. The highest BCUT2D eigenvalue weighted by Gasteiger charge is 2.43. The van der Waals surface area contributed by atoms with Gasteiger partial charge in [0.1, 0.15) is 11.9 Å². The Morgan fingerprint density at radius 3 is 2.45 bits per heavy atom. The number of hydrogen-bond acceptors (Lipinski definition) is 6. The van der Waals surface area contributed by atoms with E-state index in [1.54, 1.807) is 18.2 Å². The van der Waals surface area contributed by atoms with Crippen molar-refractivity contribution in [3.05, 3.63) is 94.0 Å². The van der Waals surface area contributed by atoms with E-state index in [4.69, 9.17) is 27.9 Å². The summed E-state index contributed by atoms with van der Waals surface area (Å²) in [5.41, 5.74) is 3.76. The van der Waals surface area contributed by atoms with Gasteiger partial charge in [0.05, 0.1) is 18.5 Å². The second-order valence-electron chi connectivity index (χ2n) is 10.8. The van der Waals surface area contributed by atoms with Crippen LogP contribution in [-0.4, -0.2) is 78.7 Å². The molecule has 2 fully saturated rings. The van der Waals surface area contributed by atoms with Gasteiger partial charge in [0.15, 0.2) is 0 Å². The summed E-state index contributed by atoms with van der Waals surface area (Å²) in [6, 6.07) is 23.0. The number of nitrogens with zero attached hydrogens (tertiary/aromatic N) is 2. The number of nitrogens with one attached hydrogen (secondary N) is 2. The lowest BCUT2D eigenvalue weighted by Crippen LogP contribution is -2.42. The lowest BCUT2D eigenvalue weighted by Gasteiger charge is -2.26. The van der Waals surface area contributed by atoms with Crippen LogP contribution in [0.5, 0.6) is 0 Å². The summed E-state index contributed by atoms with van der Waals surface area (Å²) in [4.78, 5) is 43.6. The van der Waals surface area contributed by atoms with Crippen molar-refractivity contribution in [3.8, 4) is 11.1 Å². The van der Waals surface area contributed by atoms with Gasteiger partial charge in [-0.1, -0.05) is 83.9 Å². The van der Waals surface area contributed by atoms with Gasteiger partial charge in [-0.25, -0.2) is 0 Å². The maximum Gasteiger partial charge on any atom is 0.239 e. The Labute approximate surface area is 272 Å². The molecule has 0 radical (unpaired) electrons. The zero-order chi connectivity index (χ0) is 30.9. The molecule has 2 atom stereocenters. The number of hydrogen-bond donors (Lipinski definition) is 2. The second-order valence-corrected chi connectivity index (χ2v) is 12.9. The highest BCUT2D eigenvalue weighted by molar-refractivity contribution is 8.01. The zero-order valence-corrected chi connectivity index (χ0v) is 26.7. The fourth-order valence-corrected chi connectivity index (χ4v) is 7.47. The van der Waals surface area contributed by atoms with E-state index in [0.29, 0.717) is 28.7 Å². The van der Waals surface area contributed by atoms with E-state index in [-0.39, 0.29) is 30.7 Å². The van der Waals surface area contributed by atoms with Gasteiger partial charge < -0.3 is 20.3 Å². The van der Waals surface area contributed by atoms with Crippen LogP contribution in [0.2, 0.25) is 10.0 Å². The number of ether oxygens (including phenoxy) is 1. The molecule has 2 heterocycles. The van der Waals surface area contributed by atoms with Gasteiger partial charge in [0, 0.05) is 48.2 Å². The fraction of sp³-hybridized carbons (Fsp3) is 0.364. The number of morpholine rings is 1. The van der Waals surface area contributed by atoms with Crippen LogP contribution in [-0.2, 0) is 25.7 Å². The molecule has 5 rings (SSSR count). The number of carbonyl (C=O) groups is 3. The molecule has 0 spiro atoms. The van der Waals surface area contributed by atoms with Crippen molar-refractivity contribution >= 4 is 52.7 Å². The van der Waals surface area contributed by atoms with Crippen LogP contribution in [0.3, 0.4) is 0 Å². The maximum absolute atomic E-state index is 13.6. The maximum atomic E-state index is 13.6. The first-order chi connectivity index (χ1) is 21.4. The number of halogens is 2. The fourth-order valence-electron chi connectivity index (χ4n) is 5.40. The van der Waals surface area contributed by atoms with Gasteiger partial charge in [-0.3, -0.25) is 19.3 Å². The van der Waals surface area contributed by atoms with Crippen LogP contribution in [0.4, 0.5) is 0 Å². The van der Waals surface area contributed by atoms with E-state index < -0.39 is 10.6 Å². The molecule has 0 aliphatic carbocycles. The zero-order valence-electron chi connectivity index (χ0n) is 24.3. The first-order valence-corrected chi connectivity index (χ1v) is 16.5. The summed E-state index contributed by atoms with van der Waals surface area (Å²) in [5, 5.41) is 5.63. The van der Waals surface area contributed by atoms with Gasteiger partial charge in [0.2, 0.25) is 17.7 Å². The molecule has 2 N–H and O–H groups in total. The number of carbonyl (C=O) groups excluding carboxylic acids is 3. The average molecular weight is 656 g/mol. The van der Waals surface area contributed by atoms with Crippen molar-refractivity contribution in [1.82, 2.24) is 20.4 Å². The van der Waals surface area contributed by atoms with Crippen LogP contribution < -0.4 is 10.6 Å². The summed E-state index contributed by atoms with van der Waals surface area (Å²) in [6.45, 7) is 4.84. The van der Waals surface area contributed by atoms with E-state index in [1.165, 1.54) is 16.7 Å². The number of benzene rings is 3. The molecule has 0 bridgehead atoms. The van der Waals surface area contributed by atoms with Crippen LogP contribution in [0.15, 0.2) is 72.8 Å². The number of rotatable bonds is 12. The molecule has 44 heavy (non-hydrogen) atoms. The third kappa shape index (κ3) is 8.55. The molecular formula is C33H36Cl2N4O4S. The largest absolute Gasteiger partial charge is 0.379 e. The Morgan fingerprint density at radius 2 is 1.68 bits per heavy atom. The Hall–Kier alpha value is -3.08. The molecule has 0 unspecified atom stereocenters. The number of amides is 3. The van der Waals surface area contributed by atoms with Crippen molar-refractivity contribution in [2.75, 3.05) is 45.9 Å². The van der Waals surface area contributed by atoms with E-state index in [0.717, 1.165) is 56.0 Å². The molecule has 11 heteroatoms. The third-order valence-electron chi connectivity index (χ3n) is 7.70. The molecule has 3 aromatic rings. The average Bonchev–Trinajstić information content (AvgIpc) is 3.33. The lowest BCUT2D eigenvalue weighted by atomic mass is 10.00. The molecule has 232 valence electrons. The normalized spacial score (nSPS) is 18.8. The van der Waals surface area contributed by atoms with E-state index in [9.17, 15) is 14.4 Å². The summed E-state index contributed by atoms with van der Waals surface area (Å²) in [5.74, 6) is -0.762. The van der Waals surface area contributed by atoms with Gasteiger partial charge >= 0.3 is 0 Å². The first-order valence-electron chi connectivity index (χ1n) is 14.8. The van der Waals surface area contributed by atoms with Crippen molar-refractivity contribution in [3.63, 3.8) is 0 Å². The van der Waals surface area contributed by atoms with Crippen molar-refractivity contribution in [1.29, 1.82) is 0 Å². The molecule has 2 aliphatic rings. The summed E-state index contributed by atoms with van der Waals surface area (Å²) in [7, 11) is 0. The minimum Gasteiger partial charge on any atom is -0.379 e. The predicted octanol–water partition coefficient (Wildman–Crippen LogP) is 5.15. The Balaban J connectivity index is 1.21. The summed E-state index contributed by atoms with van der Waals surface area (Å²) in [6.07, 6.45) is 0.785. The highest BCUT2D eigenvalue weighted by atomic mass is 35.5. The first kappa shape index (κ1) is 32.3. The smallest absolute Gasteiger partial charge is 0.239 e. The Kier molecular flexibility index (Phi) is 11.6. The quantitative estimate of drug-likeness (QED) is 0.263. The van der Waals surface area contributed by atoms with Gasteiger partial charge in [-0.2, -0.15) is 0 Å². The van der Waals surface area contributed by atoms with Gasteiger partial charge in [-0.15, -0.1) is 11.8 Å². The second kappa shape index (κ2) is 15.8. The third-order valence-corrected chi connectivity index (χ3v) is 9.73. The Morgan fingerprint density at radius 1 is 0.932 bits per heavy atom. The lowest BCUT2D eigenvalue weighted by molar-refractivity contribution is -0.136. The molecule has 2 aliphatic heterocycles. The molecule has 3 amide bonds. The highest BCUT2D eigenvalue weighted by Crippen LogP contribution is 2.46. The van der Waals surface area contributed by atoms with E-state index in [1.807, 2.05) is 54.6 Å². The van der Waals surface area contributed by atoms with Crippen molar-refractivity contribution in [2.24, 2.45) is 0 Å². The molecular weight excluding hydrogens is 619 g/mol. The summed E-state index contributed by atoms with van der Waals surface area (Å²) < 4.78 is 5.39. The SMILES string of the molecule is O=C(C[C@H]1S[C@H](c2ccc(Cl)cc2Cl)N(CC(=O)NCCCN2CCOCC2)C1=O)NCc1ccccc1-c1ccccc1. The van der Waals surface area contributed by atoms with E-state index in [2.05, 4.69) is 15.5 Å². The van der Waals surface area contributed by atoms with Crippen LogP contribution in [0, 0.1) is 0 Å². The van der Waals surface area contributed by atoms with Crippen LogP contribution in [0.1, 0.15) is 29.3 Å². The standard InChI is InChI=1S/C33H36Cl2N4O4S/c34-25-11-12-27(28(35)19-25)33-39(22-31(41)36-13-6-14-38-15-17-43-18-16-38)32(42)29(44-33)20-30(40)37-21-24-9-4-5-10-26(24)23-7-2-1-3-8-23/h1-5,7-12,19,29,33H,6,13-18,20-22H2,(H,36,41)(H,37,40)/t29-,33-/m1/s1. The topological polar surface area (TPSA) is 91.0 Å². The molecule has 3 aromatic carbocycles. The van der Waals surface area contributed by atoms with Crippen molar-refractivity contribution < 1.29 is 19.1 Å². The minimum atomic E-state index is -0.662. The monoisotopic (exact) mass is 654 g/mol. The van der Waals surface area contributed by atoms with Gasteiger partial charge in [-0.05, 0) is 41.8 Å². The van der Waals surface area contributed by atoms with E-state index >= 15 is 0 Å². The van der Waals surface area contributed by atoms with Crippen LogP contribution in [0.25, 0.3) is 11.1 Å². The molecule has 0 aromatic heterocycles. The molecule has 0 saturated carbocycles. The molecule has 8 nitrogen and oxygen atoms in total. The van der Waals surface area contributed by atoms with Gasteiger partial charge in [0.25, 0.3) is 0 Å². The predicted molar refractivity (Wildman–Crippen MR) is 176 cm³/mol.